The molecule has 0 aliphatic heterocycles. The minimum absolute atomic E-state index is 0.0157. The zero-order chi connectivity index (χ0) is 8.15. The summed E-state index contributed by atoms with van der Waals surface area (Å²) in [5.41, 5.74) is 0. The SMILES string of the molecule is C=CCN(C)[C@@H](C)C(C)F. The van der Waals surface area contributed by atoms with Gasteiger partial charge in [0.25, 0.3) is 0 Å². The van der Waals surface area contributed by atoms with Crippen molar-refractivity contribution >= 4 is 0 Å². The molecule has 0 heterocycles. The van der Waals surface area contributed by atoms with E-state index < -0.39 is 6.17 Å². The van der Waals surface area contributed by atoms with Gasteiger partial charge in [-0.1, -0.05) is 6.08 Å². The van der Waals surface area contributed by atoms with Crippen LogP contribution in [0, 0.1) is 0 Å². The van der Waals surface area contributed by atoms with Gasteiger partial charge in [0.05, 0.1) is 0 Å². The van der Waals surface area contributed by atoms with Crippen LogP contribution < -0.4 is 0 Å². The summed E-state index contributed by atoms with van der Waals surface area (Å²) in [6, 6.07) is -0.0157. The molecule has 0 aliphatic carbocycles. The van der Waals surface area contributed by atoms with Crippen molar-refractivity contribution in [3.05, 3.63) is 12.7 Å². The molecule has 0 saturated heterocycles. The largest absolute Gasteiger partial charge is 0.297 e. The molecule has 0 aromatic carbocycles. The highest BCUT2D eigenvalue weighted by Gasteiger charge is 2.13. The van der Waals surface area contributed by atoms with Crippen molar-refractivity contribution in [2.45, 2.75) is 26.1 Å². The molecule has 0 amide bonds. The Kier molecular flexibility index (Phi) is 4.28. The molecule has 0 spiro atoms. The van der Waals surface area contributed by atoms with Gasteiger partial charge in [0.2, 0.25) is 0 Å². The lowest BCUT2D eigenvalue weighted by Gasteiger charge is -2.23. The van der Waals surface area contributed by atoms with Gasteiger partial charge in [-0.15, -0.1) is 6.58 Å². The molecule has 0 aromatic heterocycles. The third kappa shape index (κ3) is 2.97. The maximum atomic E-state index is 12.6. The summed E-state index contributed by atoms with van der Waals surface area (Å²) >= 11 is 0. The number of likely N-dealkylation sites (N-methyl/N-ethyl adjacent to an activating group) is 1. The van der Waals surface area contributed by atoms with Crippen LogP contribution in [0.5, 0.6) is 0 Å². The first-order valence-electron chi connectivity index (χ1n) is 3.54. The fraction of sp³-hybridized carbons (Fsp3) is 0.750. The van der Waals surface area contributed by atoms with Gasteiger partial charge in [-0.2, -0.15) is 0 Å². The minimum Gasteiger partial charge on any atom is -0.297 e. The molecule has 0 saturated carbocycles. The Morgan fingerprint density at radius 1 is 1.60 bits per heavy atom. The van der Waals surface area contributed by atoms with E-state index in [2.05, 4.69) is 6.58 Å². The van der Waals surface area contributed by atoms with Crippen LogP contribution in [0.2, 0.25) is 0 Å². The molecule has 1 unspecified atom stereocenters. The molecule has 0 bridgehead atoms. The Morgan fingerprint density at radius 3 is 2.40 bits per heavy atom. The molecule has 0 radical (unpaired) electrons. The first-order valence-corrected chi connectivity index (χ1v) is 3.54. The first kappa shape index (κ1) is 9.63. The fourth-order valence-corrected chi connectivity index (χ4v) is 0.721. The average Bonchev–Trinajstić information content (AvgIpc) is 1.87. The molecule has 1 nitrogen and oxygen atoms in total. The van der Waals surface area contributed by atoms with Gasteiger partial charge < -0.3 is 0 Å². The number of halogens is 1. The fourth-order valence-electron chi connectivity index (χ4n) is 0.721. The van der Waals surface area contributed by atoms with Crippen LogP contribution in [0.1, 0.15) is 13.8 Å². The topological polar surface area (TPSA) is 3.24 Å². The molecule has 60 valence electrons. The molecular weight excluding hydrogens is 129 g/mol. The van der Waals surface area contributed by atoms with Gasteiger partial charge in [-0.25, -0.2) is 4.39 Å². The second kappa shape index (κ2) is 4.45. The Bertz CT molecular complexity index is 101. The second-order valence-electron chi connectivity index (χ2n) is 2.65. The van der Waals surface area contributed by atoms with Crippen molar-refractivity contribution < 1.29 is 4.39 Å². The van der Waals surface area contributed by atoms with E-state index in [1.807, 2.05) is 18.9 Å². The quantitative estimate of drug-likeness (QED) is 0.546. The Labute approximate surface area is 62.5 Å². The third-order valence-corrected chi connectivity index (χ3v) is 1.78. The molecule has 0 rings (SSSR count). The lowest BCUT2D eigenvalue weighted by Crippen LogP contribution is -2.35. The van der Waals surface area contributed by atoms with Crippen molar-refractivity contribution in [3.63, 3.8) is 0 Å². The van der Waals surface area contributed by atoms with Crippen molar-refractivity contribution in [1.82, 2.24) is 4.90 Å². The highest BCUT2D eigenvalue weighted by Crippen LogP contribution is 2.03. The lowest BCUT2D eigenvalue weighted by atomic mass is 10.2. The summed E-state index contributed by atoms with van der Waals surface area (Å²) in [7, 11) is 1.89. The van der Waals surface area contributed by atoms with E-state index in [1.165, 1.54) is 0 Å². The van der Waals surface area contributed by atoms with Crippen molar-refractivity contribution in [3.8, 4) is 0 Å². The van der Waals surface area contributed by atoms with E-state index >= 15 is 0 Å². The number of rotatable bonds is 4. The zero-order valence-electron chi connectivity index (χ0n) is 6.97. The standard InChI is InChI=1S/C8H16FN/c1-5-6-10(4)8(3)7(2)9/h5,7-8H,1,6H2,2-4H3/t7?,8-/m0/s1. The van der Waals surface area contributed by atoms with Gasteiger partial charge in [-0.3, -0.25) is 4.90 Å². The van der Waals surface area contributed by atoms with Crippen LogP contribution >= 0.6 is 0 Å². The van der Waals surface area contributed by atoms with Crippen LogP contribution in [0.4, 0.5) is 4.39 Å². The van der Waals surface area contributed by atoms with Crippen LogP contribution in [0.3, 0.4) is 0 Å². The number of alkyl halides is 1. The van der Waals surface area contributed by atoms with E-state index in [9.17, 15) is 4.39 Å². The van der Waals surface area contributed by atoms with E-state index in [0.29, 0.717) is 0 Å². The highest BCUT2D eigenvalue weighted by atomic mass is 19.1. The summed E-state index contributed by atoms with van der Waals surface area (Å²) in [6.07, 6.45) is 1.00. The monoisotopic (exact) mass is 145 g/mol. The Hall–Kier alpha value is -0.370. The minimum atomic E-state index is -0.773. The molecule has 2 atom stereocenters. The molecule has 0 aliphatic rings. The summed E-state index contributed by atoms with van der Waals surface area (Å²) in [6.45, 7) is 7.77. The third-order valence-electron chi connectivity index (χ3n) is 1.78. The Balaban J connectivity index is 3.68. The predicted octanol–water partition coefficient (Wildman–Crippen LogP) is 1.85. The predicted molar refractivity (Wildman–Crippen MR) is 42.9 cm³/mol. The highest BCUT2D eigenvalue weighted by molar-refractivity contribution is 4.77. The number of hydrogen-bond donors (Lipinski definition) is 0. The van der Waals surface area contributed by atoms with E-state index in [4.69, 9.17) is 0 Å². The summed E-state index contributed by atoms with van der Waals surface area (Å²) in [4.78, 5) is 1.93. The Morgan fingerprint density at radius 2 is 2.10 bits per heavy atom. The van der Waals surface area contributed by atoms with Crippen molar-refractivity contribution in [1.29, 1.82) is 0 Å². The van der Waals surface area contributed by atoms with Crippen LogP contribution in [0.25, 0.3) is 0 Å². The molecule has 0 aromatic rings. The zero-order valence-corrected chi connectivity index (χ0v) is 6.97. The lowest BCUT2D eigenvalue weighted by molar-refractivity contribution is 0.172. The maximum Gasteiger partial charge on any atom is 0.112 e. The van der Waals surface area contributed by atoms with Gasteiger partial charge in [0, 0.05) is 12.6 Å². The van der Waals surface area contributed by atoms with E-state index in [-0.39, 0.29) is 6.04 Å². The number of hydrogen-bond acceptors (Lipinski definition) is 1. The van der Waals surface area contributed by atoms with Crippen molar-refractivity contribution in [2.24, 2.45) is 0 Å². The smallest absolute Gasteiger partial charge is 0.112 e. The van der Waals surface area contributed by atoms with Gasteiger partial charge in [0.1, 0.15) is 6.17 Å². The van der Waals surface area contributed by atoms with Gasteiger partial charge >= 0.3 is 0 Å². The van der Waals surface area contributed by atoms with E-state index in [0.717, 1.165) is 6.54 Å². The molecular formula is C8H16FN. The summed E-state index contributed by atoms with van der Waals surface area (Å²) in [5.74, 6) is 0. The molecule has 0 N–H and O–H groups in total. The second-order valence-corrected chi connectivity index (χ2v) is 2.65. The van der Waals surface area contributed by atoms with Crippen LogP contribution in [-0.4, -0.2) is 30.7 Å². The maximum absolute atomic E-state index is 12.6. The summed E-state index contributed by atoms with van der Waals surface area (Å²) in [5, 5.41) is 0. The van der Waals surface area contributed by atoms with Gasteiger partial charge in [-0.05, 0) is 20.9 Å². The first-order chi connectivity index (χ1) is 4.59. The van der Waals surface area contributed by atoms with Crippen molar-refractivity contribution in [2.75, 3.05) is 13.6 Å². The normalized spacial score (nSPS) is 16.9. The molecule has 10 heavy (non-hydrogen) atoms. The molecule has 0 fully saturated rings. The molecule has 2 heteroatoms. The van der Waals surface area contributed by atoms with Crippen LogP contribution in [0.15, 0.2) is 12.7 Å². The van der Waals surface area contributed by atoms with E-state index in [1.54, 1.807) is 13.0 Å². The number of nitrogens with zero attached hydrogens (tertiary/aromatic N) is 1. The summed E-state index contributed by atoms with van der Waals surface area (Å²) < 4.78 is 12.6. The van der Waals surface area contributed by atoms with Crippen LogP contribution in [-0.2, 0) is 0 Å². The van der Waals surface area contributed by atoms with Gasteiger partial charge in [0.15, 0.2) is 0 Å². The average molecular weight is 145 g/mol.